The van der Waals surface area contributed by atoms with E-state index in [-0.39, 0.29) is 11.9 Å². The van der Waals surface area contributed by atoms with E-state index in [2.05, 4.69) is 18.8 Å². The van der Waals surface area contributed by atoms with E-state index < -0.39 is 0 Å². The van der Waals surface area contributed by atoms with Crippen molar-refractivity contribution in [3.05, 3.63) is 35.9 Å². The van der Waals surface area contributed by atoms with E-state index in [0.717, 1.165) is 23.7 Å². The van der Waals surface area contributed by atoms with Crippen molar-refractivity contribution in [3.8, 4) is 0 Å². The Bertz CT molecular complexity index is 620. The van der Waals surface area contributed by atoms with E-state index in [1.807, 2.05) is 31.3 Å². The second-order valence-corrected chi connectivity index (χ2v) is 5.00. The molecule has 0 fully saturated rings. The van der Waals surface area contributed by atoms with E-state index in [4.69, 9.17) is 5.73 Å². The summed E-state index contributed by atoms with van der Waals surface area (Å²) in [7, 11) is 1.85. The van der Waals surface area contributed by atoms with Crippen LogP contribution in [0, 0.1) is 0 Å². The maximum absolute atomic E-state index is 12.7. The number of amides is 1. The molecule has 2 aromatic rings. The van der Waals surface area contributed by atoms with E-state index in [0.29, 0.717) is 11.4 Å². The molecule has 1 aromatic carbocycles. The number of fused-ring (bicyclic) bond motifs is 1. The first kappa shape index (κ1) is 14.3. The molecule has 0 atom stereocenters. The van der Waals surface area contributed by atoms with Crippen molar-refractivity contribution in [1.29, 1.82) is 0 Å². The molecule has 20 heavy (non-hydrogen) atoms. The highest BCUT2D eigenvalue weighted by Crippen LogP contribution is 2.22. The number of carbonyl (C=O) groups excluding carboxylic acids is 1. The van der Waals surface area contributed by atoms with E-state index >= 15 is 0 Å². The molecule has 0 aliphatic heterocycles. The fraction of sp³-hybridized carbons (Fsp3) is 0.375. The zero-order valence-electron chi connectivity index (χ0n) is 12.3. The zero-order chi connectivity index (χ0) is 14.7. The van der Waals surface area contributed by atoms with Crippen LogP contribution in [0.25, 0.3) is 10.9 Å². The number of benzene rings is 1. The van der Waals surface area contributed by atoms with Crippen LogP contribution in [-0.4, -0.2) is 28.9 Å². The largest absolute Gasteiger partial charge is 0.384 e. The summed E-state index contributed by atoms with van der Waals surface area (Å²) in [6, 6.07) is 9.51. The van der Waals surface area contributed by atoms with E-state index in [1.165, 1.54) is 0 Å². The van der Waals surface area contributed by atoms with Gasteiger partial charge in [-0.1, -0.05) is 32.0 Å². The summed E-state index contributed by atoms with van der Waals surface area (Å²) in [6.45, 7) is 4.19. The molecule has 0 unspecified atom stereocenters. The van der Waals surface area contributed by atoms with Crippen molar-refractivity contribution in [2.75, 3.05) is 12.8 Å². The molecule has 0 radical (unpaired) electrons. The molecule has 0 saturated carbocycles. The average molecular weight is 271 g/mol. The van der Waals surface area contributed by atoms with E-state index in [1.54, 1.807) is 11.0 Å². The highest BCUT2D eigenvalue weighted by Gasteiger charge is 2.20. The molecule has 4 heteroatoms. The van der Waals surface area contributed by atoms with Crippen molar-refractivity contribution in [2.24, 2.45) is 0 Å². The van der Waals surface area contributed by atoms with Gasteiger partial charge in [0.05, 0.1) is 11.1 Å². The molecular weight excluding hydrogens is 250 g/mol. The van der Waals surface area contributed by atoms with Gasteiger partial charge in [-0.3, -0.25) is 4.79 Å². The van der Waals surface area contributed by atoms with Crippen LogP contribution in [0.4, 0.5) is 5.82 Å². The summed E-state index contributed by atoms with van der Waals surface area (Å²) in [5.74, 6) is 0.383. The third kappa shape index (κ3) is 2.59. The molecule has 0 bridgehead atoms. The highest BCUT2D eigenvalue weighted by atomic mass is 16.2. The first-order chi connectivity index (χ1) is 9.58. The van der Waals surface area contributed by atoms with E-state index in [9.17, 15) is 4.79 Å². The minimum absolute atomic E-state index is 0.00370. The van der Waals surface area contributed by atoms with Gasteiger partial charge < -0.3 is 10.6 Å². The molecule has 0 aliphatic carbocycles. The van der Waals surface area contributed by atoms with Gasteiger partial charge in [0.2, 0.25) is 0 Å². The van der Waals surface area contributed by atoms with Crippen molar-refractivity contribution >= 4 is 22.6 Å². The Morgan fingerprint density at radius 2 is 1.95 bits per heavy atom. The number of para-hydroxylation sites is 1. The lowest BCUT2D eigenvalue weighted by molar-refractivity contribution is 0.0725. The smallest absolute Gasteiger partial charge is 0.254 e. The third-order valence-electron chi connectivity index (χ3n) is 3.78. The standard InChI is InChI=1S/C16H21N3O/c1-4-11(5-2)19(3)16(20)13-10-15(17)18-14-9-7-6-8-12(13)14/h6-11H,4-5H2,1-3H3,(H2,17,18). The maximum Gasteiger partial charge on any atom is 0.254 e. The van der Waals surface area contributed by atoms with Gasteiger partial charge in [0, 0.05) is 18.5 Å². The van der Waals surface area contributed by atoms with Crippen molar-refractivity contribution in [2.45, 2.75) is 32.7 Å². The molecule has 0 saturated heterocycles. The van der Waals surface area contributed by atoms with Gasteiger partial charge in [0.1, 0.15) is 5.82 Å². The number of pyridine rings is 1. The Morgan fingerprint density at radius 1 is 1.30 bits per heavy atom. The van der Waals surface area contributed by atoms with Gasteiger partial charge in [0.15, 0.2) is 0 Å². The number of hydrogen-bond donors (Lipinski definition) is 1. The van der Waals surface area contributed by atoms with Gasteiger partial charge in [-0.05, 0) is 25.0 Å². The number of anilines is 1. The quantitative estimate of drug-likeness (QED) is 0.929. The second kappa shape index (κ2) is 5.90. The third-order valence-corrected chi connectivity index (χ3v) is 3.78. The zero-order valence-corrected chi connectivity index (χ0v) is 12.3. The Hall–Kier alpha value is -2.10. The number of nitrogens with zero attached hydrogens (tertiary/aromatic N) is 2. The molecular formula is C16H21N3O. The molecule has 2 rings (SSSR count). The molecule has 0 spiro atoms. The average Bonchev–Trinajstić information content (AvgIpc) is 2.46. The molecule has 1 heterocycles. The fourth-order valence-electron chi connectivity index (χ4n) is 2.57. The molecule has 2 N–H and O–H groups in total. The molecule has 106 valence electrons. The lowest BCUT2D eigenvalue weighted by Crippen LogP contribution is -2.36. The van der Waals surface area contributed by atoms with Gasteiger partial charge in [-0.2, -0.15) is 0 Å². The number of nitrogen functional groups attached to an aromatic ring is 1. The predicted molar refractivity (Wildman–Crippen MR) is 82.6 cm³/mol. The SMILES string of the molecule is CCC(CC)N(C)C(=O)c1cc(N)nc2ccccc12. The lowest BCUT2D eigenvalue weighted by Gasteiger charge is -2.26. The maximum atomic E-state index is 12.7. The topological polar surface area (TPSA) is 59.2 Å². The summed E-state index contributed by atoms with van der Waals surface area (Å²) in [5, 5.41) is 0.851. The Labute approximate surface area is 119 Å². The lowest BCUT2D eigenvalue weighted by atomic mass is 10.1. The summed E-state index contributed by atoms with van der Waals surface area (Å²) >= 11 is 0. The monoisotopic (exact) mass is 271 g/mol. The number of hydrogen-bond acceptors (Lipinski definition) is 3. The molecule has 1 aromatic heterocycles. The van der Waals surface area contributed by atoms with Crippen LogP contribution in [0.5, 0.6) is 0 Å². The number of aromatic nitrogens is 1. The number of nitrogens with two attached hydrogens (primary N) is 1. The summed E-state index contributed by atoms with van der Waals surface area (Å²) < 4.78 is 0. The Kier molecular flexibility index (Phi) is 4.23. The molecule has 1 amide bonds. The predicted octanol–water partition coefficient (Wildman–Crippen LogP) is 3.08. The molecule has 0 aliphatic rings. The van der Waals surface area contributed by atoms with Crippen LogP contribution in [0.15, 0.2) is 30.3 Å². The van der Waals surface area contributed by atoms with Gasteiger partial charge in [0.25, 0.3) is 5.91 Å². The van der Waals surface area contributed by atoms with Crippen molar-refractivity contribution in [3.63, 3.8) is 0 Å². The van der Waals surface area contributed by atoms with Crippen LogP contribution >= 0.6 is 0 Å². The summed E-state index contributed by atoms with van der Waals surface area (Å²) in [4.78, 5) is 18.8. The van der Waals surface area contributed by atoms with Crippen LogP contribution in [0.3, 0.4) is 0 Å². The second-order valence-electron chi connectivity index (χ2n) is 5.00. The van der Waals surface area contributed by atoms with Crippen LogP contribution in [-0.2, 0) is 0 Å². The van der Waals surface area contributed by atoms with Gasteiger partial charge in [-0.15, -0.1) is 0 Å². The van der Waals surface area contributed by atoms with Gasteiger partial charge >= 0.3 is 0 Å². The summed E-state index contributed by atoms with van der Waals surface area (Å²) in [6.07, 6.45) is 1.88. The highest BCUT2D eigenvalue weighted by molar-refractivity contribution is 6.06. The number of rotatable bonds is 4. The van der Waals surface area contributed by atoms with Gasteiger partial charge in [-0.25, -0.2) is 4.98 Å². The normalized spacial score (nSPS) is 11.0. The molecule has 4 nitrogen and oxygen atoms in total. The Balaban J connectivity index is 2.49. The minimum atomic E-state index is 0.00370. The first-order valence-electron chi connectivity index (χ1n) is 7.00. The van der Waals surface area contributed by atoms with Crippen LogP contribution < -0.4 is 5.73 Å². The fourth-order valence-corrected chi connectivity index (χ4v) is 2.57. The van der Waals surface area contributed by atoms with Crippen LogP contribution in [0.1, 0.15) is 37.0 Å². The Morgan fingerprint density at radius 3 is 2.60 bits per heavy atom. The minimum Gasteiger partial charge on any atom is -0.384 e. The van der Waals surface area contributed by atoms with Crippen molar-refractivity contribution in [1.82, 2.24) is 9.88 Å². The van der Waals surface area contributed by atoms with Crippen molar-refractivity contribution < 1.29 is 4.79 Å². The van der Waals surface area contributed by atoms with Crippen LogP contribution in [0.2, 0.25) is 0 Å². The number of carbonyl (C=O) groups is 1. The first-order valence-corrected chi connectivity index (χ1v) is 7.00. The summed E-state index contributed by atoms with van der Waals surface area (Å²) in [5.41, 5.74) is 7.21.